The van der Waals surface area contributed by atoms with Crippen LogP contribution >= 0.6 is 0 Å². The van der Waals surface area contributed by atoms with Crippen molar-refractivity contribution >= 4 is 12.2 Å². The molecule has 0 N–H and O–H groups in total. The molecule has 0 atom stereocenters. The Bertz CT molecular complexity index is 476. The first-order valence-corrected chi connectivity index (χ1v) is 6.10. The first-order valence-electron chi connectivity index (χ1n) is 6.10. The van der Waals surface area contributed by atoms with Gasteiger partial charge in [0, 0.05) is 12.3 Å². The topological polar surface area (TPSA) is 17.8 Å². The van der Waals surface area contributed by atoms with Crippen molar-refractivity contribution in [3.05, 3.63) is 41.6 Å². The Morgan fingerprint density at radius 2 is 1.65 bits per heavy atom. The summed E-state index contributed by atoms with van der Waals surface area (Å²) in [6.07, 6.45) is 7.54. The van der Waals surface area contributed by atoms with Crippen LogP contribution < -0.4 is 10.6 Å². The largest absolute Gasteiger partial charge is 0.268 e. The molecule has 1 rings (SSSR count). The minimum Gasteiger partial charge on any atom is -0.268 e. The highest BCUT2D eigenvalue weighted by molar-refractivity contribution is 5.42. The predicted octanol–water partition coefficient (Wildman–Crippen LogP) is 2.50. The fourth-order valence-electron chi connectivity index (χ4n) is 1.60. The lowest BCUT2D eigenvalue weighted by Crippen LogP contribution is -2.29. The molecule has 0 amide bonds. The molecule has 1 aromatic rings. The first kappa shape index (κ1) is 15.4. The van der Waals surface area contributed by atoms with Gasteiger partial charge in [0.2, 0.25) is 0 Å². The van der Waals surface area contributed by atoms with E-state index in [0.717, 1.165) is 16.3 Å². The van der Waals surface area contributed by atoms with Crippen LogP contribution in [0.4, 0.5) is 0 Å². The SMILES string of the molecule is C=C/C=c1/c(C(C)C)nn(C)/c1=C/C=C.CC. The average molecular weight is 232 g/mol. The molecule has 0 saturated carbocycles. The Morgan fingerprint density at radius 1 is 1.12 bits per heavy atom. The van der Waals surface area contributed by atoms with E-state index in [4.69, 9.17) is 0 Å². The second kappa shape index (κ2) is 7.66. The van der Waals surface area contributed by atoms with Crippen LogP contribution in [0.5, 0.6) is 0 Å². The van der Waals surface area contributed by atoms with Crippen molar-refractivity contribution in [2.75, 3.05) is 0 Å². The van der Waals surface area contributed by atoms with Gasteiger partial charge in [-0.25, -0.2) is 0 Å². The van der Waals surface area contributed by atoms with Gasteiger partial charge in [0.05, 0.1) is 11.0 Å². The molecule has 0 unspecified atom stereocenters. The lowest BCUT2D eigenvalue weighted by molar-refractivity contribution is 0.700. The molecule has 1 heterocycles. The van der Waals surface area contributed by atoms with E-state index in [0.29, 0.717) is 5.92 Å². The van der Waals surface area contributed by atoms with E-state index < -0.39 is 0 Å². The number of rotatable bonds is 3. The summed E-state index contributed by atoms with van der Waals surface area (Å²) in [6, 6.07) is 0. The highest BCUT2D eigenvalue weighted by Crippen LogP contribution is 2.03. The monoisotopic (exact) mass is 232 g/mol. The molecule has 0 aromatic carbocycles. The summed E-state index contributed by atoms with van der Waals surface area (Å²) >= 11 is 0. The summed E-state index contributed by atoms with van der Waals surface area (Å²) < 4.78 is 1.88. The van der Waals surface area contributed by atoms with Gasteiger partial charge in [-0.3, -0.25) is 4.68 Å². The fourth-order valence-corrected chi connectivity index (χ4v) is 1.60. The van der Waals surface area contributed by atoms with E-state index in [1.807, 2.05) is 37.7 Å². The molecule has 0 aliphatic heterocycles. The van der Waals surface area contributed by atoms with Gasteiger partial charge < -0.3 is 0 Å². The fraction of sp³-hybridized carbons (Fsp3) is 0.400. The number of aromatic nitrogens is 2. The number of hydrogen-bond acceptors (Lipinski definition) is 1. The second-order valence-corrected chi connectivity index (χ2v) is 3.77. The average Bonchev–Trinajstić information content (AvgIpc) is 2.61. The lowest BCUT2D eigenvalue weighted by Gasteiger charge is -1.97. The van der Waals surface area contributed by atoms with E-state index in [1.165, 1.54) is 0 Å². The molecule has 1 aromatic heterocycles. The maximum atomic E-state index is 4.51. The van der Waals surface area contributed by atoms with Crippen LogP contribution in [0.3, 0.4) is 0 Å². The van der Waals surface area contributed by atoms with Crippen molar-refractivity contribution in [3.8, 4) is 0 Å². The molecule has 2 nitrogen and oxygen atoms in total. The highest BCUT2D eigenvalue weighted by atomic mass is 15.3. The van der Waals surface area contributed by atoms with E-state index in [-0.39, 0.29) is 0 Å². The zero-order chi connectivity index (χ0) is 13.4. The van der Waals surface area contributed by atoms with E-state index in [1.54, 1.807) is 12.2 Å². The Kier molecular flexibility index (Phi) is 6.95. The molecular weight excluding hydrogens is 208 g/mol. The van der Waals surface area contributed by atoms with Gasteiger partial charge in [0.1, 0.15) is 0 Å². The molecule has 0 spiro atoms. The summed E-state index contributed by atoms with van der Waals surface area (Å²) in [7, 11) is 1.95. The van der Waals surface area contributed by atoms with E-state index >= 15 is 0 Å². The van der Waals surface area contributed by atoms with Crippen LogP contribution in [0, 0.1) is 0 Å². The summed E-state index contributed by atoms with van der Waals surface area (Å²) in [5.74, 6) is 0.411. The van der Waals surface area contributed by atoms with E-state index in [9.17, 15) is 0 Å². The van der Waals surface area contributed by atoms with Crippen molar-refractivity contribution in [1.82, 2.24) is 9.78 Å². The number of hydrogen-bond donors (Lipinski definition) is 0. The summed E-state index contributed by atoms with van der Waals surface area (Å²) in [6.45, 7) is 15.7. The minimum atomic E-state index is 0.411. The minimum absolute atomic E-state index is 0.411. The zero-order valence-corrected chi connectivity index (χ0v) is 11.7. The van der Waals surface area contributed by atoms with Gasteiger partial charge in [-0.1, -0.05) is 59.1 Å². The molecule has 0 bridgehead atoms. The first-order chi connectivity index (χ1) is 8.11. The van der Waals surface area contributed by atoms with E-state index in [2.05, 4.69) is 32.1 Å². The van der Waals surface area contributed by atoms with Crippen LogP contribution in [-0.2, 0) is 7.05 Å². The Hall–Kier alpha value is -1.57. The third-order valence-corrected chi connectivity index (χ3v) is 2.27. The van der Waals surface area contributed by atoms with Crippen LogP contribution in [0.1, 0.15) is 39.3 Å². The molecule has 0 radical (unpaired) electrons. The zero-order valence-electron chi connectivity index (χ0n) is 11.7. The Labute approximate surface area is 105 Å². The molecule has 0 saturated heterocycles. The van der Waals surface area contributed by atoms with Crippen LogP contribution in [-0.4, -0.2) is 9.78 Å². The maximum Gasteiger partial charge on any atom is 0.0728 e. The van der Waals surface area contributed by atoms with Crippen molar-refractivity contribution in [3.63, 3.8) is 0 Å². The molecule has 0 aliphatic rings. The van der Waals surface area contributed by atoms with Crippen molar-refractivity contribution in [2.24, 2.45) is 7.05 Å². The predicted molar refractivity (Wildman–Crippen MR) is 77.2 cm³/mol. The summed E-state index contributed by atoms with van der Waals surface area (Å²) in [4.78, 5) is 0. The van der Waals surface area contributed by atoms with Crippen molar-refractivity contribution < 1.29 is 0 Å². The Morgan fingerprint density at radius 3 is 2.06 bits per heavy atom. The number of nitrogens with zero attached hydrogens (tertiary/aromatic N) is 2. The normalized spacial score (nSPS) is 12.4. The van der Waals surface area contributed by atoms with Crippen LogP contribution in [0.2, 0.25) is 0 Å². The quantitative estimate of drug-likeness (QED) is 0.783. The van der Waals surface area contributed by atoms with Gasteiger partial charge in [-0.2, -0.15) is 5.10 Å². The van der Waals surface area contributed by atoms with Gasteiger partial charge >= 0.3 is 0 Å². The van der Waals surface area contributed by atoms with Gasteiger partial charge in [0.15, 0.2) is 0 Å². The van der Waals surface area contributed by atoms with Crippen molar-refractivity contribution in [1.29, 1.82) is 0 Å². The summed E-state index contributed by atoms with van der Waals surface area (Å²) in [5, 5.41) is 6.72. The summed E-state index contributed by atoms with van der Waals surface area (Å²) in [5.41, 5.74) is 1.10. The number of allylic oxidation sites excluding steroid dienone is 2. The maximum absolute atomic E-state index is 4.51. The van der Waals surface area contributed by atoms with Gasteiger partial charge in [-0.05, 0) is 12.0 Å². The molecule has 94 valence electrons. The standard InChI is InChI=1S/C13H18N2.C2H6/c1-6-8-11-12(9-7-2)15(5)14-13(11)10(3)4;1-2/h6-10H,1-2H2,3-5H3;1-2H3/b11-8+,12-9+;. The molecule has 0 aliphatic carbocycles. The van der Waals surface area contributed by atoms with Crippen LogP contribution in [0.25, 0.3) is 12.2 Å². The Balaban J connectivity index is 0.00000121. The number of aryl methyl sites for hydroxylation is 1. The third kappa shape index (κ3) is 3.74. The molecular formula is C15H24N2. The van der Waals surface area contributed by atoms with Crippen molar-refractivity contribution in [2.45, 2.75) is 33.6 Å². The molecule has 2 heteroatoms. The van der Waals surface area contributed by atoms with Gasteiger partial charge in [0.25, 0.3) is 0 Å². The second-order valence-electron chi connectivity index (χ2n) is 3.77. The molecule has 0 fully saturated rings. The molecule has 17 heavy (non-hydrogen) atoms. The van der Waals surface area contributed by atoms with Gasteiger partial charge in [-0.15, -0.1) is 0 Å². The third-order valence-electron chi connectivity index (χ3n) is 2.27. The highest BCUT2D eigenvalue weighted by Gasteiger charge is 2.07. The van der Waals surface area contributed by atoms with Crippen LogP contribution in [0.15, 0.2) is 25.3 Å². The lowest BCUT2D eigenvalue weighted by atomic mass is 10.1. The smallest absolute Gasteiger partial charge is 0.0728 e.